The van der Waals surface area contributed by atoms with E-state index in [1.54, 1.807) is 6.07 Å². The number of nitrogens with one attached hydrogen (secondary N) is 1. The number of primary amides is 1. The maximum atomic E-state index is 13.4. The molecule has 4 nitrogen and oxygen atoms in total. The summed E-state index contributed by atoms with van der Waals surface area (Å²) in [5.74, 6) is -0.575. The molecule has 1 aliphatic rings. The van der Waals surface area contributed by atoms with E-state index >= 15 is 0 Å². The molecule has 0 aromatic heterocycles. The number of halogens is 1. The van der Waals surface area contributed by atoms with Gasteiger partial charge in [0.15, 0.2) is 0 Å². The van der Waals surface area contributed by atoms with Gasteiger partial charge in [-0.2, -0.15) is 0 Å². The first-order valence-electron chi connectivity index (χ1n) is 7.43. The monoisotopic (exact) mass is 293 g/mol. The van der Waals surface area contributed by atoms with Crippen LogP contribution in [-0.2, 0) is 11.2 Å². The quantitative estimate of drug-likeness (QED) is 0.841. The van der Waals surface area contributed by atoms with Crippen LogP contribution in [0.1, 0.15) is 32.8 Å². The van der Waals surface area contributed by atoms with Gasteiger partial charge in [0, 0.05) is 24.8 Å². The number of carbonyl (C=O) groups is 1. The van der Waals surface area contributed by atoms with Crippen molar-refractivity contribution in [1.82, 2.24) is 5.32 Å². The van der Waals surface area contributed by atoms with Crippen LogP contribution >= 0.6 is 0 Å². The van der Waals surface area contributed by atoms with Crippen LogP contribution in [0.3, 0.4) is 0 Å². The first kappa shape index (κ1) is 15.8. The second-order valence-corrected chi connectivity index (χ2v) is 6.26. The summed E-state index contributed by atoms with van der Waals surface area (Å²) < 4.78 is 13.4. The van der Waals surface area contributed by atoms with Gasteiger partial charge in [0.2, 0.25) is 5.91 Å². The molecule has 0 fully saturated rings. The number of nitrogens with zero attached hydrogens (tertiary/aromatic N) is 1. The largest absolute Gasteiger partial charge is 0.371 e. The molecule has 3 N–H and O–H groups in total. The van der Waals surface area contributed by atoms with Gasteiger partial charge in [-0.3, -0.25) is 4.79 Å². The minimum atomic E-state index is -0.746. The fourth-order valence-corrected chi connectivity index (χ4v) is 2.91. The van der Waals surface area contributed by atoms with Crippen molar-refractivity contribution in [2.45, 2.75) is 45.2 Å². The third kappa shape index (κ3) is 3.53. The van der Waals surface area contributed by atoms with E-state index in [2.05, 4.69) is 10.2 Å². The predicted molar refractivity (Wildman–Crippen MR) is 82.8 cm³/mol. The SMILES string of the molecule is CC(C)NC(C)(CCN1CCc2ccc(F)cc21)C(N)=O. The molecule has 5 heteroatoms. The molecule has 1 unspecified atom stereocenters. The summed E-state index contributed by atoms with van der Waals surface area (Å²) in [7, 11) is 0. The second-order valence-electron chi connectivity index (χ2n) is 6.26. The van der Waals surface area contributed by atoms with E-state index in [-0.39, 0.29) is 17.8 Å². The van der Waals surface area contributed by atoms with Crippen LogP contribution in [0.25, 0.3) is 0 Å². The Labute approximate surface area is 125 Å². The zero-order valence-electron chi connectivity index (χ0n) is 12.9. The first-order valence-corrected chi connectivity index (χ1v) is 7.43. The van der Waals surface area contributed by atoms with E-state index in [0.717, 1.165) is 24.2 Å². The third-order valence-electron chi connectivity index (χ3n) is 4.07. The molecule has 0 radical (unpaired) electrons. The van der Waals surface area contributed by atoms with Gasteiger partial charge >= 0.3 is 0 Å². The zero-order valence-corrected chi connectivity index (χ0v) is 12.9. The predicted octanol–water partition coefficient (Wildman–Crippen LogP) is 1.82. The molecule has 21 heavy (non-hydrogen) atoms. The normalized spacial score (nSPS) is 16.9. The van der Waals surface area contributed by atoms with E-state index in [0.29, 0.717) is 13.0 Å². The van der Waals surface area contributed by atoms with Gasteiger partial charge < -0.3 is 16.0 Å². The van der Waals surface area contributed by atoms with Gasteiger partial charge in [0.05, 0.1) is 5.54 Å². The Kier molecular flexibility index (Phi) is 4.52. The molecule has 0 aliphatic carbocycles. The number of amides is 1. The summed E-state index contributed by atoms with van der Waals surface area (Å²) in [6, 6.07) is 5.08. The smallest absolute Gasteiger partial charge is 0.237 e. The Morgan fingerprint density at radius 2 is 2.24 bits per heavy atom. The summed E-state index contributed by atoms with van der Waals surface area (Å²) in [6.07, 6.45) is 1.51. The molecule has 0 spiro atoms. The number of nitrogens with two attached hydrogens (primary N) is 1. The van der Waals surface area contributed by atoms with Gasteiger partial charge in [0.25, 0.3) is 0 Å². The Hall–Kier alpha value is -1.62. The van der Waals surface area contributed by atoms with Crippen molar-refractivity contribution in [3.8, 4) is 0 Å². The molecule has 2 rings (SSSR count). The number of hydrogen-bond donors (Lipinski definition) is 2. The number of carbonyl (C=O) groups excluding carboxylic acids is 1. The van der Waals surface area contributed by atoms with E-state index in [1.807, 2.05) is 26.8 Å². The number of rotatable bonds is 6. The van der Waals surface area contributed by atoms with Gasteiger partial charge in [-0.05, 0) is 51.3 Å². The molecule has 0 bridgehead atoms. The molecule has 1 heterocycles. The Morgan fingerprint density at radius 1 is 1.52 bits per heavy atom. The summed E-state index contributed by atoms with van der Waals surface area (Å²) in [5.41, 5.74) is 6.89. The van der Waals surface area contributed by atoms with E-state index in [9.17, 15) is 9.18 Å². The van der Waals surface area contributed by atoms with E-state index in [4.69, 9.17) is 5.73 Å². The molecule has 1 aromatic carbocycles. The molecule has 116 valence electrons. The lowest BCUT2D eigenvalue weighted by atomic mass is 9.95. The van der Waals surface area contributed by atoms with Crippen molar-refractivity contribution in [2.24, 2.45) is 5.73 Å². The van der Waals surface area contributed by atoms with Gasteiger partial charge in [-0.25, -0.2) is 4.39 Å². The highest BCUT2D eigenvalue weighted by molar-refractivity contribution is 5.84. The highest BCUT2D eigenvalue weighted by atomic mass is 19.1. The lowest BCUT2D eigenvalue weighted by molar-refractivity contribution is -0.124. The maximum absolute atomic E-state index is 13.4. The standard InChI is InChI=1S/C16H24FN3O/c1-11(2)19-16(3,15(18)21)7-9-20-8-6-12-4-5-13(17)10-14(12)20/h4-5,10-11,19H,6-9H2,1-3H3,(H2,18,21). The minimum absolute atomic E-state index is 0.172. The zero-order chi connectivity index (χ0) is 15.6. The molecular formula is C16H24FN3O. The van der Waals surface area contributed by atoms with Gasteiger partial charge in [-0.1, -0.05) is 6.07 Å². The van der Waals surface area contributed by atoms with Crippen LogP contribution in [-0.4, -0.2) is 30.6 Å². The highest BCUT2D eigenvalue weighted by Crippen LogP contribution is 2.29. The van der Waals surface area contributed by atoms with Crippen LogP contribution in [0, 0.1) is 5.82 Å². The van der Waals surface area contributed by atoms with Gasteiger partial charge in [-0.15, -0.1) is 0 Å². The number of hydrogen-bond acceptors (Lipinski definition) is 3. The van der Waals surface area contributed by atoms with Crippen molar-refractivity contribution >= 4 is 11.6 Å². The Bertz CT molecular complexity index is 532. The molecule has 0 saturated heterocycles. The summed E-state index contributed by atoms with van der Waals surface area (Å²) in [5, 5.41) is 3.24. The molecule has 1 atom stereocenters. The van der Waals surface area contributed by atoms with Crippen molar-refractivity contribution in [3.05, 3.63) is 29.6 Å². The van der Waals surface area contributed by atoms with Crippen LogP contribution in [0.15, 0.2) is 18.2 Å². The van der Waals surface area contributed by atoms with Crippen LogP contribution in [0.5, 0.6) is 0 Å². The minimum Gasteiger partial charge on any atom is -0.371 e. The third-order valence-corrected chi connectivity index (χ3v) is 4.07. The number of anilines is 1. The number of benzene rings is 1. The first-order chi connectivity index (χ1) is 9.82. The van der Waals surface area contributed by atoms with Gasteiger partial charge in [0.1, 0.15) is 5.82 Å². The van der Waals surface area contributed by atoms with Crippen LogP contribution in [0.2, 0.25) is 0 Å². The van der Waals surface area contributed by atoms with E-state index in [1.165, 1.54) is 6.07 Å². The second kappa shape index (κ2) is 6.02. The Balaban J connectivity index is 2.07. The average Bonchev–Trinajstić information content (AvgIpc) is 2.77. The van der Waals surface area contributed by atoms with Crippen molar-refractivity contribution in [1.29, 1.82) is 0 Å². The van der Waals surface area contributed by atoms with Crippen molar-refractivity contribution in [3.63, 3.8) is 0 Å². The fourth-order valence-electron chi connectivity index (χ4n) is 2.91. The average molecular weight is 293 g/mol. The molecule has 0 saturated carbocycles. The topological polar surface area (TPSA) is 58.4 Å². The summed E-state index contributed by atoms with van der Waals surface area (Å²) >= 11 is 0. The molecular weight excluding hydrogens is 269 g/mol. The van der Waals surface area contributed by atoms with E-state index < -0.39 is 5.54 Å². The lowest BCUT2D eigenvalue weighted by Gasteiger charge is -2.32. The molecule has 1 aliphatic heterocycles. The van der Waals surface area contributed by atoms with Crippen LogP contribution in [0.4, 0.5) is 10.1 Å². The fraction of sp³-hybridized carbons (Fsp3) is 0.562. The lowest BCUT2D eigenvalue weighted by Crippen LogP contribution is -2.56. The highest BCUT2D eigenvalue weighted by Gasteiger charge is 2.32. The number of fused-ring (bicyclic) bond motifs is 1. The summed E-state index contributed by atoms with van der Waals surface area (Å²) in [6.45, 7) is 7.34. The molecule has 1 aromatic rings. The van der Waals surface area contributed by atoms with Crippen molar-refractivity contribution in [2.75, 3.05) is 18.0 Å². The van der Waals surface area contributed by atoms with Crippen LogP contribution < -0.4 is 16.0 Å². The molecule has 1 amide bonds. The van der Waals surface area contributed by atoms with Crippen molar-refractivity contribution < 1.29 is 9.18 Å². The summed E-state index contributed by atoms with van der Waals surface area (Å²) in [4.78, 5) is 13.9. The Morgan fingerprint density at radius 3 is 2.86 bits per heavy atom. The maximum Gasteiger partial charge on any atom is 0.237 e.